The first-order valence-electron chi connectivity index (χ1n) is 6.54. The van der Waals surface area contributed by atoms with Gasteiger partial charge >= 0.3 is 0 Å². The third-order valence-electron chi connectivity index (χ3n) is 2.93. The molecule has 0 saturated carbocycles. The summed E-state index contributed by atoms with van der Waals surface area (Å²) in [5.41, 5.74) is 2.41. The zero-order chi connectivity index (χ0) is 15.8. The summed E-state index contributed by atoms with van der Waals surface area (Å²) in [5, 5.41) is 16.2. The van der Waals surface area contributed by atoms with E-state index in [9.17, 15) is 0 Å². The van der Waals surface area contributed by atoms with Crippen LogP contribution in [-0.2, 0) is 0 Å². The normalized spacial score (nSPS) is 9.45. The van der Waals surface area contributed by atoms with Crippen molar-refractivity contribution in [2.75, 3.05) is 0 Å². The van der Waals surface area contributed by atoms with Crippen molar-refractivity contribution < 1.29 is 10.3 Å². The zero-order valence-electron chi connectivity index (χ0n) is 11.6. The molecule has 0 aliphatic heterocycles. The maximum Gasteiger partial charge on any atom is 0.291 e. The van der Waals surface area contributed by atoms with Gasteiger partial charge in [-0.05, 0) is 35.0 Å². The van der Waals surface area contributed by atoms with E-state index in [1.807, 2.05) is 36.7 Å². The van der Waals surface area contributed by atoms with Gasteiger partial charge in [0.25, 0.3) is 5.09 Å². The minimum Gasteiger partial charge on any atom is -0.361 e. The van der Waals surface area contributed by atoms with Crippen molar-refractivity contribution in [3.63, 3.8) is 0 Å². The molecule has 3 N–H and O–H groups in total. The van der Waals surface area contributed by atoms with Crippen LogP contribution in [0.15, 0.2) is 73.1 Å². The van der Waals surface area contributed by atoms with E-state index in [0.29, 0.717) is 0 Å². The molecule has 4 rings (SSSR count). The molecule has 6 nitrogen and oxygen atoms in total. The first-order valence-corrected chi connectivity index (χ1v) is 6.54. The summed E-state index contributed by atoms with van der Waals surface area (Å²) in [6.07, 6.45) is 3.90. The molecule has 0 saturated heterocycles. The topological polar surface area (TPSA) is 94.9 Å². The number of H-pyrrole nitrogens is 2. The number of fused-ring (bicyclic) bond motifs is 2. The Morgan fingerprint density at radius 2 is 1.14 bits per heavy atom. The molecular weight excluding hydrogens is 282 g/mol. The van der Waals surface area contributed by atoms with Gasteiger partial charge in [-0.2, -0.15) is 0 Å². The van der Waals surface area contributed by atoms with E-state index in [1.54, 1.807) is 0 Å². The second-order valence-electron chi connectivity index (χ2n) is 4.37. The van der Waals surface area contributed by atoms with Crippen LogP contribution >= 0.6 is 0 Å². The molecule has 0 fully saturated rings. The highest BCUT2D eigenvalue weighted by atomic mass is 16.9. The number of hydrogen-bond acceptors (Lipinski definition) is 2. The number of nitrogens with zero attached hydrogens (tertiary/aromatic N) is 1. The number of benzene rings is 2. The summed E-state index contributed by atoms with van der Waals surface area (Å²) in [7, 11) is 0. The molecule has 2 heterocycles. The molecule has 22 heavy (non-hydrogen) atoms. The fourth-order valence-electron chi connectivity index (χ4n) is 1.99. The van der Waals surface area contributed by atoms with E-state index in [-0.39, 0.29) is 0 Å². The van der Waals surface area contributed by atoms with Crippen LogP contribution in [0.1, 0.15) is 0 Å². The van der Waals surface area contributed by atoms with Crippen LogP contribution in [0.25, 0.3) is 21.8 Å². The Hall–Kier alpha value is -3.28. The average molecular weight is 297 g/mol. The lowest BCUT2D eigenvalue weighted by Gasteiger charge is -1.83. The molecule has 0 spiro atoms. The SMILES string of the molecule is O=[N+]([O-])O.c1ccc2[nH]ccc2c1.c1ccc2[nH]ccc2c1. The summed E-state index contributed by atoms with van der Waals surface area (Å²) in [5.74, 6) is 0. The van der Waals surface area contributed by atoms with E-state index in [0.717, 1.165) is 0 Å². The van der Waals surface area contributed by atoms with Crippen molar-refractivity contribution in [2.45, 2.75) is 0 Å². The lowest BCUT2D eigenvalue weighted by Crippen LogP contribution is -1.81. The van der Waals surface area contributed by atoms with Gasteiger partial charge in [0.2, 0.25) is 0 Å². The average Bonchev–Trinajstić information content (AvgIpc) is 3.16. The summed E-state index contributed by atoms with van der Waals surface area (Å²) in [6, 6.07) is 20.6. The van der Waals surface area contributed by atoms with Gasteiger partial charge in [0, 0.05) is 23.4 Å². The van der Waals surface area contributed by atoms with Gasteiger partial charge in [-0.25, -0.2) is 0 Å². The largest absolute Gasteiger partial charge is 0.361 e. The van der Waals surface area contributed by atoms with Gasteiger partial charge in [0.05, 0.1) is 0 Å². The number of rotatable bonds is 0. The van der Waals surface area contributed by atoms with Gasteiger partial charge in [0.15, 0.2) is 0 Å². The zero-order valence-corrected chi connectivity index (χ0v) is 11.6. The van der Waals surface area contributed by atoms with Crippen molar-refractivity contribution in [3.8, 4) is 0 Å². The van der Waals surface area contributed by atoms with Crippen LogP contribution in [0.4, 0.5) is 0 Å². The molecule has 2 aromatic carbocycles. The monoisotopic (exact) mass is 297 g/mol. The van der Waals surface area contributed by atoms with Crippen LogP contribution in [0, 0.1) is 10.1 Å². The van der Waals surface area contributed by atoms with Crippen LogP contribution in [0.5, 0.6) is 0 Å². The molecule has 0 atom stereocenters. The molecule has 0 aliphatic carbocycles. The number of aromatic nitrogens is 2. The van der Waals surface area contributed by atoms with E-state index >= 15 is 0 Å². The highest BCUT2D eigenvalue weighted by molar-refractivity contribution is 5.79. The molecule has 112 valence electrons. The van der Waals surface area contributed by atoms with Crippen LogP contribution in [-0.4, -0.2) is 20.3 Å². The molecule has 0 unspecified atom stereocenters. The minimum absolute atomic E-state index is 1.21. The van der Waals surface area contributed by atoms with Gasteiger partial charge in [-0.1, -0.05) is 36.4 Å². The van der Waals surface area contributed by atoms with Crippen LogP contribution in [0.2, 0.25) is 0 Å². The Labute approximate surface area is 126 Å². The quantitative estimate of drug-likeness (QED) is 0.338. The highest BCUT2D eigenvalue weighted by Gasteiger charge is 1.87. The van der Waals surface area contributed by atoms with Crippen molar-refractivity contribution >= 4 is 21.8 Å². The summed E-state index contributed by atoms with van der Waals surface area (Å²) < 4.78 is 0. The highest BCUT2D eigenvalue weighted by Crippen LogP contribution is 2.09. The van der Waals surface area contributed by atoms with Crippen LogP contribution < -0.4 is 0 Å². The summed E-state index contributed by atoms with van der Waals surface area (Å²) >= 11 is 0. The van der Waals surface area contributed by atoms with Crippen molar-refractivity contribution in [1.82, 2.24) is 9.97 Å². The Morgan fingerprint density at radius 1 is 0.773 bits per heavy atom. The van der Waals surface area contributed by atoms with Gasteiger partial charge in [-0.3, -0.25) is 0 Å². The predicted molar refractivity (Wildman–Crippen MR) is 85.4 cm³/mol. The smallest absolute Gasteiger partial charge is 0.291 e. The summed E-state index contributed by atoms with van der Waals surface area (Å²) in [6.45, 7) is 0. The first kappa shape index (κ1) is 15.1. The molecule has 6 heteroatoms. The van der Waals surface area contributed by atoms with Crippen molar-refractivity contribution in [3.05, 3.63) is 83.2 Å². The standard InChI is InChI=1S/2C8H7N.HNO3/c2*1-2-4-8-7(3-1)5-6-9-8;2-1(3)4/h2*1-6,9H;(H,2,3,4). The second kappa shape index (κ2) is 7.49. The van der Waals surface area contributed by atoms with Crippen molar-refractivity contribution in [2.24, 2.45) is 0 Å². The predicted octanol–water partition coefficient (Wildman–Crippen LogP) is 3.99. The molecule has 2 aromatic heterocycles. The Morgan fingerprint density at radius 3 is 1.50 bits per heavy atom. The lowest BCUT2D eigenvalue weighted by molar-refractivity contribution is -0.742. The van der Waals surface area contributed by atoms with Gasteiger partial charge in [0.1, 0.15) is 0 Å². The number of nitrogens with one attached hydrogen (secondary N) is 2. The molecular formula is C16H15N3O3. The Kier molecular flexibility index (Phi) is 5.15. The molecule has 0 amide bonds. The number of aromatic amines is 2. The number of para-hydroxylation sites is 2. The maximum atomic E-state index is 8.36. The molecule has 0 radical (unpaired) electrons. The maximum absolute atomic E-state index is 8.36. The van der Waals surface area contributed by atoms with Crippen LogP contribution in [0.3, 0.4) is 0 Å². The van der Waals surface area contributed by atoms with Gasteiger partial charge in [-0.15, -0.1) is 10.1 Å². The van der Waals surface area contributed by atoms with E-state index in [4.69, 9.17) is 15.3 Å². The summed E-state index contributed by atoms with van der Waals surface area (Å²) in [4.78, 5) is 14.6. The first-order chi connectivity index (χ1) is 10.7. The Bertz CT molecular complexity index is 721. The van der Waals surface area contributed by atoms with Gasteiger partial charge < -0.3 is 15.2 Å². The molecule has 4 aromatic rings. The lowest BCUT2D eigenvalue weighted by atomic mass is 10.3. The third-order valence-corrected chi connectivity index (χ3v) is 2.93. The fraction of sp³-hybridized carbons (Fsp3) is 0. The second-order valence-corrected chi connectivity index (χ2v) is 4.37. The van der Waals surface area contributed by atoms with E-state index < -0.39 is 5.09 Å². The van der Waals surface area contributed by atoms with E-state index in [1.165, 1.54) is 21.8 Å². The fourth-order valence-corrected chi connectivity index (χ4v) is 1.99. The number of hydrogen-bond donors (Lipinski definition) is 3. The molecule has 0 aliphatic rings. The van der Waals surface area contributed by atoms with Crippen molar-refractivity contribution in [1.29, 1.82) is 0 Å². The Balaban J connectivity index is 0.000000131. The van der Waals surface area contributed by atoms with E-state index in [2.05, 4.69) is 46.4 Å². The minimum atomic E-state index is -1.50. The third kappa shape index (κ3) is 4.38. The molecule has 0 bridgehead atoms.